The molecular formula is C24H20F3N6OPS. The molecule has 0 spiro atoms. The van der Waals surface area contributed by atoms with Crippen molar-refractivity contribution >= 4 is 57.8 Å². The average molecular weight is 529 g/mol. The van der Waals surface area contributed by atoms with Crippen molar-refractivity contribution in [2.75, 3.05) is 23.7 Å². The van der Waals surface area contributed by atoms with Crippen LogP contribution in [0.25, 0.3) is 32.2 Å². The number of nitrogen functional groups attached to an aromatic ring is 1. The third kappa shape index (κ3) is 3.35. The van der Waals surface area contributed by atoms with E-state index in [9.17, 15) is 18.4 Å². The predicted octanol–water partition coefficient (Wildman–Crippen LogP) is 4.37. The molecule has 4 aromatic rings. The SMILES string of the molecule is CC1CN(c2ncc3c4c(c(-c5ncc(F)c6sc(N)c(C#N)c56)c(P)c3n2)COC4)CC1C(F)F. The number of hydrogen-bond donors (Lipinski definition) is 1. The zero-order valence-corrected chi connectivity index (χ0v) is 21.0. The van der Waals surface area contributed by atoms with Crippen LogP contribution in [0.4, 0.5) is 24.1 Å². The molecule has 5 heterocycles. The smallest absolute Gasteiger partial charge is 0.243 e. The van der Waals surface area contributed by atoms with Crippen LogP contribution in [0.15, 0.2) is 12.4 Å². The monoisotopic (exact) mass is 528 g/mol. The molecule has 7 nitrogen and oxygen atoms in total. The van der Waals surface area contributed by atoms with Crippen LogP contribution in [0.5, 0.6) is 0 Å². The highest BCUT2D eigenvalue weighted by molar-refractivity contribution is 7.29. The number of ether oxygens (including phenoxy) is 1. The summed E-state index contributed by atoms with van der Waals surface area (Å²) in [5.74, 6) is -1.10. The summed E-state index contributed by atoms with van der Waals surface area (Å²) in [5.41, 5.74) is 9.70. The lowest BCUT2D eigenvalue weighted by Gasteiger charge is -2.19. The highest BCUT2D eigenvalue weighted by Crippen LogP contribution is 2.43. The molecule has 1 fully saturated rings. The molecule has 184 valence electrons. The zero-order valence-electron chi connectivity index (χ0n) is 19.1. The first kappa shape index (κ1) is 23.3. The molecule has 0 aliphatic carbocycles. The van der Waals surface area contributed by atoms with Gasteiger partial charge in [-0.15, -0.1) is 20.6 Å². The van der Waals surface area contributed by atoms with E-state index in [1.54, 1.807) is 11.1 Å². The molecule has 3 aromatic heterocycles. The zero-order chi connectivity index (χ0) is 25.3. The van der Waals surface area contributed by atoms with E-state index in [2.05, 4.69) is 25.3 Å². The van der Waals surface area contributed by atoms with Crippen LogP contribution in [-0.4, -0.2) is 34.5 Å². The molecule has 1 aromatic carbocycles. The van der Waals surface area contributed by atoms with Gasteiger partial charge in [0.25, 0.3) is 0 Å². The minimum Gasteiger partial charge on any atom is -0.389 e. The average Bonchev–Trinajstić information content (AvgIpc) is 3.57. The number of thiophene rings is 1. The number of aromatic nitrogens is 3. The van der Waals surface area contributed by atoms with Gasteiger partial charge in [-0.25, -0.2) is 23.1 Å². The third-order valence-electron chi connectivity index (χ3n) is 7.11. The normalized spacial score (nSPS) is 19.5. The summed E-state index contributed by atoms with van der Waals surface area (Å²) in [5, 5.41) is 11.8. The van der Waals surface area contributed by atoms with Crippen molar-refractivity contribution in [1.82, 2.24) is 15.0 Å². The van der Waals surface area contributed by atoms with E-state index in [0.717, 1.165) is 34.0 Å². The summed E-state index contributed by atoms with van der Waals surface area (Å²) in [6.45, 7) is 3.07. The van der Waals surface area contributed by atoms with E-state index in [4.69, 9.17) is 15.5 Å². The summed E-state index contributed by atoms with van der Waals surface area (Å²) in [4.78, 5) is 15.5. The Labute approximate surface area is 210 Å². The summed E-state index contributed by atoms with van der Waals surface area (Å²) >= 11 is 1.01. The summed E-state index contributed by atoms with van der Waals surface area (Å²) in [7, 11) is 2.69. The van der Waals surface area contributed by atoms with Gasteiger partial charge in [-0.05, 0) is 17.0 Å². The van der Waals surface area contributed by atoms with Crippen molar-refractivity contribution < 1.29 is 17.9 Å². The van der Waals surface area contributed by atoms with Crippen molar-refractivity contribution in [1.29, 1.82) is 5.26 Å². The Bertz CT molecular complexity index is 1600. The van der Waals surface area contributed by atoms with Gasteiger partial charge in [-0.2, -0.15) is 5.26 Å². The lowest BCUT2D eigenvalue weighted by molar-refractivity contribution is 0.0689. The molecule has 6 rings (SSSR count). The molecule has 0 amide bonds. The number of nitriles is 1. The fraction of sp³-hybridized carbons (Fsp3) is 0.333. The highest BCUT2D eigenvalue weighted by Gasteiger charge is 2.37. The van der Waals surface area contributed by atoms with Gasteiger partial charge in [-0.1, -0.05) is 6.92 Å². The Morgan fingerprint density at radius 2 is 2.03 bits per heavy atom. The molecule has 0 radical (unpaired) electrons. The van der Waals surface area contributed by atoms with Gasteiger partial charge in [0.15, 0.2) is 5.82 Å². The molecule has 0 bridgehead atoms. The van der Waals surface area contributed by atoms with Gasteiger partial charge >= 0.3 is 0 Å². The molecular weight excluding hydrogens is 508 g/mol. The van der Waals surface area contributed by atoms with Crippen molar-refractivity contribution in [2.45, 2.75) is 26.6 Å². The van der Waals surface area contributed by atoms with Crippen LogP contribution in [0.2, 0.25) is 0 Å². The second-order valence-electron chi connectivity index (χ2n) is 9.16. The van der Waals surface area contributed by atoms with Crippen molar-refractivity contribution in [3.8, 4) is 17.3 Å². The van der Waals surface area contributed by atoms with E-state index in [1.165, 1.54) is 0 Å². The van der Waals surface area contributed by atoms with E-state index < -0.39 is 18.2 Å². The Hall–Kier alpha value is -3.06. The molecule has 1 saturated heterocycles. The van der Waals surface area contributed by atoms with Crippen molar-refractivity contribution in [3.05, 3.63) is 34.9 Å². The van der Waals surface area contributed by atoms with E-state index in [1.807, 2.05) is 6.92 Å². The standard InChI is InChI=1S/C24H20F3N6OPS/c1-9-5-33(6-12(9)22(26)27)24-31-3-11-13-7-34-8-14(13)16(20(35)18(11)32-24)19-17-10(2-28)23(29)36-21(17)15(25)4-30-19/h3-4,9,12,22H,5-8,29,35H2,1H3. The number of fused-ring (bicyclic) bond motifs is 4. The number of nitrogens with two attached hydrogens (primary N) is 1. The van der Waals surface area contributed by atoms with Gasteiger partial charge < -0.3 is 15.4 Å². The summed E-state index contributed by atoms with van der Waals surface area (Å²) < 4.78 is 47.6. The Morgan fingerprint density at radius 1 is 1.25 bits per heavy atom. The van der Waals surface area contributed by atoms with Crippen LogP contribution in [-0.2, 0) is 18.0 Å². The lowest BCUT2D eigenvalue weighted by Crippen LogP contribution is -2.24. The highest BCUT2D eigenvalue weighted by atomic mass is 32.1. The second kappa shape index (κ2) is 8.51. The molecule has 3 atom stereocenters. The quantitative estimate of drug-likeness (QED) is 0.394. The molecule has 36 heavy (non-hydrogen) atoms. The number of pyridine rings is 1. The van der Waals surface area contributed by atoms with Crippen LogP contribution in [0.1, 0.15) is 23.6 Å². The first-order valence-corrected chi connectivity index (χ1v) is 12.7. The second-order valence-corrected chi connectivity index (χ2v) is 10.8. The fourth-order valence-electron chi connectivity index (χ4n) is 5.27. The minimum absolute atomic E-state index is 0.178. The minimum atomic E-state index is -2.41. The Morgan fingerprint density at radius 3 is 2.75 bits per heavy atom. The number of hydrogen-bond acceptors (Lipinski definition) is 8. The summed E-state index contributed by atoms with van der Waals surface area (Å²) in [6.07, 6.45) is 0.432. The number of halogens is 3. The molecule has 0 saturated carbocycles. The van der Waals surface area contributed by atoms with Crippen LogP contribution < -0.4 is 15.9 Å². The molecule has 2 aliphatic heterocycles. The van der Waals surface area contributed by atoms with E-state index >= 15 is 0 Å². The molecule has 2 aliphatic rings. The molecule has 12 heteroatoms. The third-order valence-corrected chi connectivity index (χ3v) is 8.70. The topological polar surface area (TPSA) is 101 Å². The number of benzene rings is 1. The van der Waals surface area contributed by atoms with E-state index in [-0.39, 0.29) is 27.7 Å². The molecule has 3 unspecified atom stereocenters. The largest absolute Gasteiger partial charge is 0.389 e. The van der Waals surface area contributed by atoms with Gasteiger partial charge in [0.2, 0.25) is 12.4 Å². The maximum Gasteiger partial charge on any atom is 0.243 e. The maximum absolute atomic E-state index is 14.7. The number of alkyl halides is 2. The maximum atomic E-state index is 14.7. The first-order valence-electron chi connectivity index (χ1n) is 11.3. The number of nitrogens with zero attached hydrogens (tertiary/aromatic N) is 5. The number of anilines is 2. The number of rotatable bonds is 3. The van der Waals surface area contributed by atoms with Gasteiger partial charge in [0.05, 0.1) is 40.9 Å². The Kier molecular flexibility index (Phi) is 5.52. The molecule has 2 N–H and O–H groups in total. The van der Waals surface area contributed by atoms with Crippen molar-refractivity contribution in [3.63, 3.8) is 0 Å². The summed E-state index contributed by atoms with van der Waals surface area (Å²) in [6, 6.07) is 2.09. The van der Waals surface area contributed by atoms with Crippen molar-refractivity contribution in [2.24, 2.45) is 11.8 Å². The van der Waals surface area contributed by atoms with Crippen LogP contribution >= 0.6 is 20.6 Å². The lowest BCUT2D eigenvalue weighted by atomic mass is 9.94. The first-order chi connectivity index (χ1) is 17.3. The van der Waals surface area contributed by atoms with E-state index in [0.29, 0.717) is 53.2 Å². The van der Waals surface area contributed by atoms with Gasteiger partial charge in [0, 0.05) is 46.8 Å². The van der Waals surface area contributed by atoms with Gasteiger partial charge in [-0.3, -0.25) is 4.98 Å². The van der Waals surface area contributed by atoms with Crippen LogP contribution in [0, 0.1) is 29.0 Å². The fourth-order valence-corrected chi connectivity index (χ4v) is 6.72. The van der Waals surface area contributed by atoms with Gasteiger partial charge in [0.1, 0.15) is 11.1 Å². The van der Waals surface area contributed by atoms with Crippen LogP contribution in [0.3, 0.4) is 0 Å². The predicted molar refractivity (Wildman–Crippen MR) is 136 cm³/mol. The Balaban J connectivity index is 1.59.